The molecule has 2 heterocycles. The van der Waals surface area contributed by atoms with Crippen molar-refractivity contribution in [2.24, 2.45) is 0 Å². The van der Waals surface area contributed by atoms with Crippen LogP contribution in [0.2, 0.25) is 0 Å². The number of aromatic nitrogens is 3. The zero-order valence-corrected chi connectivity index (χ0v) is 14.2. The Bertz CT molecular complexity index is 953. The van der Waals surface area contributed by atoms with Crippen molar-refractivity contribution >= 4 is 34.5 Å². The molecule has 1 N–H and O–H groups in total. The molecule has 0 atom stereocenters. The van der Waals surface area contributed by atoms with Crippen molar-refractivity contribution in [2.75, 3.05) is 18.5 Å². The van der Waals surface area contributed by atoms with E-state index in [-0.39, 0.29) is 35.8 Å². The van der Waals surface area contributed by atoms with E-state index in [1.54, 1.807) is 38.1 Å². The van der Waals surface area contributed by atoms with Gasteiger partial charge in [-0.15, -0.1) is 0 Å². The van der Waals surface area contributed by atoms with E-state index in [2.05, 4.69) is 20.4 Å². The molecule has 0 radical (unpaired) electrons. The first-order valence-electron chi connectivity index (χ1n) is 7.96. The molecule has 26 heavy (non-hydrogen) atoms. The summed E-state index contributed by atoms with van der Waals surface area (Å²) >= 11 is 0. The molecule has 0 fully saturated rings. The fourth-order valence-electron chi connectivity index (χ4n) is 2.33. The maximum atomic E-state index is 12.1. The molecule has 0 spiro atoms. The van der Waals surface area contributed by atoms with E-state index in [4.69, 9.17) is 14.0 Å². The highest BCUT2D eigenvalue weighted by Crippen LogP contribution is 2.28. The van der Waals surface area contributed by atoms with Gasteiger partial charge in [-0.3, -0.25) is 0 Å². The van der Waals surface area contributed by atoms with E-state index in [1.165, 1.54) is 6.33 Å². The standard InChI is InChI=1S/C17H16N4O5/c1-3-24-16(22)10-7-5-6-8-11(10)20-14-12-13(17(23)25-4-2)21-26-15(12)19-9-18-14/h5-9H,3-4H2,1-2H3,(H,18,19,20). The summed E-state index contributed by atoms with van der Waals surface area (Å²) in [5.41, 5.74) is 0.870. The Hall–Kier alpha value is -3.49. The Balaban J connectivity index is 2.04. The van der Waals surface area contributed by atoms with Crippen molar-refractivity contribution in [1.29, 1.82) is 0 Å². The number of para-hydroxylation sites is 1. The molecule has 0 aliphatic heterocycles. The van der Waals surface area contributed by atoms with Crippen LogP contribution in [0.3, 0.4) is 0 Å². The van der Waals surface area contributed by atoms with Crippen LogP contribution >= 0.6 is 0 Å². The monoisotopic (exact) mass is 356 g/mol. The minimum atomic E-state index is -0.650. The third-order valence-electron chi connectivity index (χ3n) is 3.42. The zero-order valence-electron chi connectivity index (χ0n) is 14.2. The lowest BCUT2D eigenvalue weighted by atomic mass is 10.1. The van der Waals surface area contributed by atoms with Crippen molar-refractivity contribution in [3.63, 3.8) is 0 Å². The summed E-state index contributed by atoms with van der Waals surface area (Å²) in [5, 5.41) is 7.01. The first-order valence-corrected chi connectivity index (χ1v) is 7.96. The lowest BCUT2D eigenvalue weighted by Crippen LogP contribution is -2.09. The molecule has 9 heteroatoms. The Morgan fingerprint density at radius 3 is 2.58 bits per heavy atom. The van der Waals surface area contributed by atoms with Crippen LogP contribution in [0, 0.1) is 0 Å². The van der Waals surface area contributed by atoms with Crippen molar-refractivity contribution in [2.45, 2.75) is 13.8 Å². The van der Waals surface area contributed by atoms with Gasteiger partial charge in [-0.05, 0) is 26.0 Å². The molecule has 0 bridgehead atoms. The largest absolute Gasteiger partial charge is 0.462 e. The van der Waals surface area contributed by atoms with Crippen LogP contribution in [0.5, 0.6) is 0 Å². The number of carbonyl (C=O) groups excluding carboxylic acids is 2. The molecule has 0 unspecified atom stereocenters. The predicted octanol–water partition coefficient (Wildman–Crippen LogP) is 2.71. The van der Waals surface area contributed by atoms with Crippen molar-refractivity contribution in [3.05, 3.63) is 41.9 Å². The van der Waals surface area contributed by atoms with E-state index >= 15 is 0 Å². The molecule has 0 aliphatic rings. The van der Waals surface area contributed by atoms with Gasteiger partial charge in [-0.1, -0.05) is 17.3 Å². The fraction of sp³-hybridized carbons (Fsp3) is 0.235. The second-order valence-electron chi connectivity index (χ2n) is 5.05. The van der Waals surface area contributed by atoms with Crippen LogP contribution in [-0.2, 0) is 9.47 Å². The number of ether oxygens (including phenoxy) is 2. The van der Waals surface area contributed by atoms with Crippen LogP contribution in [0.15, 0.2) is 35.1 Å². The lowest BCUT2D eigenvalue weighted by molar-refractivity contribution is 0.0511. The van der Waals surface area contributed by atoms with Gasteiger partial charge in [0.05, 0.1) is 24.5 Å². The molecule has 0 aliphatic carbocycles. The Morgan fingerprint density at radius 2 is 1.81 bits per heavy atom. The number of rotatable bonds is 6. The number of hydrogen-bond donors (Lipinski definition) is 1. The summed E-state index contributed by atoms with van der Waals surface area (Å²) in [7, 11) is 0. The first-order chi connectivity index (χ1) is 12.7. The molecule has 0 saturated carbocycles. The molecule has 2 aromatic heterocycles. The van der Waals surface area contributed by atoms with Crippen LogP contribution in [0.4, 0.5) is 11.5 Å². The Morgan fingerprint density at radius 1 is 1.08 bits per heavy atom. The highest BCUT2D eigenvalue weighted by atomic mass is 16.5. The van der Waals surface area contributed by atoms with Crippen molar-refractivity contribution in [1.82, 2.24) is 15.1 Å². The average molecular weight is 356 g/mol. The third kappa shape index (κ3) is 3.32. The molecule has 134 valence electrons. The smallest absolute Gasteiger partial charge is 0.361 e. The van der Waals surface area contributed by atoms with Gasteiger partial charge in [0.15, 0.2) is 0 Å². The number of carbonyl (C=O) groups is 2. The quantitative estimate of drug-likeness (QED) is 0.665. The van der Waals surface area contributed by atoms with Crippen LogP contribution in [0.25, 0.3) is 11.1 Å². The summed E-state index contributed by atoms with van der Waals surface area (Å²) in [6.07, 6.45) is 1.26. The minimum Gasteiger partial charge on any atom is -0.462 e. The molecule has 3 rings (SSSR count). The number of benzene rings is 1. The van der Waals surface area contributed by atoms with E-state index < -0.39 is 11.9 Å². The summed E-state index contributed by atoms with van der Waals surface area (Å²) in [4.78, 5) is 32.3. The molecular weight excluding hydrogens is 340 g/mol. The third-order valence-corrected chi connectivity index (χ3v) is 3.42. The molecule has 1 aromatic carbocycles. The number of fused-ring (bicyclic) bond motifs is 1. The number of hydrogen-bond acceptors (Lipinski definition) is 9. The number of nitrogens with zero attached hydrogens (tertiary/aromatic N) is 3. The van der Waals surface area contributed by atoms with Crippen molar-refractivity contribution < 1.29 is 23.6 Å². The molecule has 9 nitrogen and oxygen atoms in total. The Kier molecular flexibility index (Phi) is 5.07. The lowest BCUT2D eigenvalue weighted by Gasteiger charge is -2.11. The van der Waals surface area contributed by atoms with Gasteiger partial charge in [0.1, 0.15) is 17.5 Å². The van der Waals surface area contributed by atoms with E-state index in [1.807, 2.05) is 0 Å². The number of anilines is 2. The topological polar surface area (TPSA) is 116 Å². The maximum Gasteiger partial charge on any atom is 0.361 e. The summed E-state index contributed by atoms with van der Waals surface area (Å²) in [6.45, 7) is 3.86. The molecular formula is C17H16N4O5. The number of esters is 2. The van der Waals surface area contributed by atoms with E-state index in [9.17, 15) is 9.59 Å². The first kappa shape index (κ1) is 17.3. The molecule has 0 saturated heterocycles. The predicted molar refractivity (Wildman–Crippen MR) is 91.2 cm³/mol. The van der Waals surface area contributed by atoms with Crippen LogP contribution < -0.4 is 5.32 Å². The average Bonchev–Trinajstić information content (AvgIpc) is 3.08. The van der Waals surface area contributed by atoms with Gasteiger partial charge in [-0.25, -0.2) is 14.6 Å². The second kappa shape index (κ2) is 7.60. The maximum absolute atomic E-state index is 12.1. The van der Waals surface area contributed by atoms with E-state index in [0.29, 0.717) is 11.3 Å². The van der Waals surface area contributed by atoms with Gasteiger partial charge in [0.2, 0.25) is 5.69 Å². The van der Waals surface area contributed by atoms with E-state index in [0.717, 1.165) is 0 Å². The summed E-state index contributed by atoms with van der Waals surface area (Å²) in [5.74, 6) is -0.865. The Labute approximate surface area is 148 Å². The molecule has 0 amide bonds. The summed E-state index contributed by atoms with van der Waals surface area (Å²) < 4.78 is 15.1. The SMILES string of the molecule is CCOC(=O)c1ccccc1Nc1ncnc2onc(C(=O)OCC)c12. The number of nitrogens with one attached hydrogen (secondary N) is 1. The highest BCUT2D eigenvalue weighted by Gasteiger charge is 2.23. The van der Waals surface area contributed by atoms with Gasteiger partial charge < -0.3 is 19.3 Å². The summed E-state index contributed by atoms with van der Waals surface area (Å²) in [6, 6.07) is 6.79. The zero-order chi connectivity index (χ0) is 18.5. The van der Waals surface area contributed by atoms with Crippen molar-refractivity contribution in [3.8, 4) is 0 Å². The van der Waals surface area contributed by atoms with Crippen LogP contribution in [-0.4, -0.2) is 40.3 Å². The fourth-order valence-corrected chi connectivity index (χ4v) is 2.33. The van der Waals surface area contributed by atoms with Gasteiger partial charge >= 0.3 is 11.9 Å². The normalized spacial score (nSPS) is 10.5. The second-order valence-corrected chi connectivity index (χ2v) is 5.05. The van der Waals surface area contributed by atoms with Gasteiger partial charge in [-0.2, -0.15) is 4.98 Å². The van der Waals surface area contributed by atoms with Gasteiger partial charge in [0.25, 0.3) is 5.71 Å². The van der Waals surface area contributed by atoms with Crippen LogP contribution in [0.1, 0.15) is 34.7 Å². The molecule has 3 aromatic rings. The minimum absolute atomic E-state index is 0.0430. The highest BCUT2D eigenvalue weighted by molar-refractivity contribution is 6.06. The van der Waals surface area contributed by atoms with Gasteiger partial charge in [0, 0.05) is 0 Å².